The van der Waals surface area contributed by atoms with Gasteiger partial charge in [-0.25, -0.2) is 0 Å². The summed E-state index contributed by atoms with van der Waals surface area (Å²) in [5, 5.41) is 0. The van der Waals surface area contributed by atoms with E-state index in [1.54, 1.807) is 0 Å². The predicted molar refractivity (Wildman–Crippen MR) is 28.0 cm³/mol. The van der Waals surface area contributed by atoms with E-state index in [-0.39, 0.29) is 70.4 Å². The Bertz CT molecular complexity index is 57.7. The number of hydrogen-bond donors (Lipinski definition) is 3. The van der Waals surface area contributed by atoms with E-state index in [0.717, 1.165) is 0 Å². The second-order valence-corrected chi connectivity index (χ2v) is 3.44. The summed E-state index contributed by atoms with van der Waals surface area (Å²) in [5.41, 5.74) is 0. The molecule has 61 valence electrons. The van der Waals surface area contributed by atoms with Crippen molar-refractivity contribution >= 4 is 44.5 Å². The van der Waals surface area contributed by atoms with Gasteiger partial charge in [-0.1, -0.05) is 0 Å². The Morgan fingerprint density at radius 2 is 1.00 bits per heavy atom. The third-order valence-electron chi connectivity index (χ3n) is 0. The second kappa shape index (κ2) is 17.3. The Balaban J connectivity index is -0.00000000800. The molecule has 7 nitrogen and oxygen atoms in total. The van der Waals surface area contributed by atoms with Crippen LogP contribution in [0.5, 0.6) is 0 Å². The van der Waals surface area contributed by atoms with Gasteiger partial charge in [0.25, 0.3) is 0 Å². The van der Waals surface area contributed by atoms with Crippen LogP contribution in [0.2, 0.25) is 0 Å². The first-order valence-electron chi connectivity index (χ1n) is 0.783. The maximum absolute atomic E-state index is 8.97. The fourth-order valence-corrected chi connectivity index (χ4v) is 0. The number of rotatable bonds is 0. The van der Waals surface area contributed by atoms with Crippen molar-refractivity contribution in [3.05, 3.63) is 0 Å². The fraction of sp³-hybridized carbons (Fsp3) is 0. The summed E-state index contributed by atoms with van der Waals surface area (Å²) in [6.45, 7) is 0. The van der Waals surface area contributed by atoms with Gasteiger partial charge in [-0.15, -0.1) is 0 Å². The minimum Gasteiger partial charge on any atom is 0 e. The monoisotopic (exact) mass is 385 g/mol. The summed E-state index contributed by atoms with van der Waals surface area (Å²) in [6, 6.07) is 0. The molecule has 0 amide bonds. The first kappa shape index (κ1) is 39.8. The summed E-state index contributed by atoms with van der Waals surface area (Å²) < 4.78 is 30.8. The molecule has 0 aromatic rings. The standard InChI is InChI=1S/Na.6H2O.O.2Sb/h;6*1H2;;;/q+1;;;;;;;;;+3/p-4. The maximum atomic E-state index is 8.97. The molecule has 0 saturated carbocycles. The van der Waals surface area contributed by atoms with Crippen LogP contribution >= 0.6 is 0 Å². The van der Waals surface area contributed by atoms with Gasteiger partial charge in [-0.05, 0) is 0 Å². The van der Waals surface area contributed by atoms with Gasteiger partial charge in [0.2, 0.25) is 0 Å². The summed E-state index contributed by atoms with van der Waals surface area (Å²) >= 11 is -5.35. The van der Waals surface area contributed by atoms with Crippen molar-refractivity contribution < 1.29 is 59.2 Å². The molecule has 0 saturated heterocycles. The van der Waals surface area contributed by atoms with E-state index in [0.29, 0.717) is 0 Å². The molecule has 0 aromatic carbocycles. The van der Waals surface area contributed by atoms with Gasteiger partial charge in [0.15, 0.2) is 0 Å². The molecular formula is H8NaO7Sb2. The largest absolute Gasteiger partial charge is 0 e. The third-order valence-corrected chi connectivity index (χ3v) is 0. The van der Waals surface area contributed by atoms with Crippen LogP contribution in [0.1, 0.15) is 0 Å². The van der Waals surface area contributed by atoms with Gasteiger partial charge in [-0.3, -0.25) is 0 Å². The van der Waals surface area contributed by atoms with Gasteiger partial charge < -0.3 is 16.4 Å². The van der Waals surface area contributed by atoms with Crippen LogP contribution in [-0.2, 0) is 3.02 Å². The Morgan fingerprint density at radius 3 is 1.00 bits per heavy atom. The zero-order chi connectivity index (χ0) is 4.50. The Hall–Kier alpha value is 2.20. The molecule has 0 unspecified atom stereocenters. The molecule has 10 heteroatoms. The van der Waals surface area contributed by atoms with Crippen LogP contribution in [0.25, 0.3) is 0 Å². The average Bonchev–Trinajstić information content (AvgIpc) is 0.722. The summed E-state index contributed by atoms with van der Waals surface area (Å²) in [5.74, 6) is 0. The van der Waals surface area contributed by atoms with Crippen molar-refractivity contribution in [2.75, 3.05) is 0 Å². The Labute approximate surface area is 102 Å². The predicted octanol–water partition coefficient (Wildman–Crippen LogP) is -7.37. The summed E-state index contributed by atoms with van der Waals surface area (Å²) in [6.07, 6.45) is 0. The molecule has 10 heavy (non-hydrogen) atoms. The van der Waals surface area contributed by atoms with Gasteiger partial charge in [0.1, 0.15) is 0 Å². The normalized spacial score (nSPS) is 5.90. The van der Waals surface area contributed by atoms with Gasteiger partial charge >= 0.3 is 62.8 Å². The van der Waals surface area contributed by atoms with Crippen LogP contribution < -0.4 is 29.6 Å². The fourth-order valence-electron chi connectivity index (χ4n) is 0. The summed E-state index contributed by atoms with van der Waals surface area (Å²) in [7, 11) is 0. The van der Waals surface area contributed by atoms with Gasteiger partial charge in [0, 0.05) is 24.4 Å². The Morgan fingerprint density at radius 1 is 1.00 bits per heavy atom. The van der Waals surface area contributed by atoms with Crippen molar-refractivity contribution in [1.29, 1.82) is 0 Å². The SMILES string of the molecule is O.O.[Na+].[OH-].[O]=[Sb]([OH])([OH])[OH].[Sb]. The van der Waals surface area contributed by atoms with E-state index < -0.39 is 20.1 Å². The molecule has 0 spiro atoms. The molecule has 0 atom stereocenters. The smallest absolute Gasteiger partial charge is 0 e. The molecule has 0 aliphatic heterocycles. The van der Waals surface area contributed by atoms with E-state index in [1.165, 1.54) is 0 Å². The first-order chi connectivity index (χ1) is 2.00. The van der Waals surface area contributed by atoms with Crippen LogP contribution in [0.15, 0.2) is 0 Å². The first-order valence-corrected chi connectivity index (χ1v) is 5.25. The van der Waals surface area contributed by atoms with E-state index in [4.69, 9.17) is 13.2 Å². The van der Waals surface area contributed by atoms with Crippen LogP contribution in [0.4, 0.5) is 0 Å². The topological polar surface area (TPSA) is 171 Å². The van der Waals surface area contributed by atoms with E-state index in [1.807, 2.05) is 0 Å². The molecule has 0 heterocycles. The van der Waals surface area contributed by atoms with Crippen molar-refractivity contribution in [2.24, 2.45) is 0 Å². The molecular weight excluding hydrogens is 379 g/mol. The number of hydrogen-bond acceptors (Lipinski definition) is 2. The van der Waals surface area contributed by atoms with E-state index >= 15 is 0 Å². The summed E-state index contributed by atoms with van der Waals surface area (Å²) in [4.78, 5) is 0. The van der Waals surface area contributed by atoms with Gasteiger partial charge in [-0.2, -0.15) is 0 Å². The zero-order valence-electron chi connectivity index (χ0n) is 5.09. The molecule has 0 fully saturated rings. The quantitative estimate of drug-likeness (QED) is 0.350. The van der Waals surface area contributed by atoms with Crippen molar-refractivity contribution in [3.63, 3.8) is 0 Å². The van der Waals surface area contributed by atoms with Crippen LogP contribution in [0.3, 0.4) is 0 Å². The van der Waals surface area contributed by atoms with Crippen molar-refractivity contribution in [1.82, 2.24) is 0 Å². The molecule has 8 N–H and O–H groups in total. The third kappa shape index (κ3) is 179. The molecule has 0 rings (SSSR count). The Kier molecular flexibility index (Phi) is 69.0. The zero-order valence-corrected chi connectivity index (χ0v) is 12.2. The maximum Gasteiger partial charge on any atom is 0 e. The molecule has 0 aliphatic rings. The second-order valence-electron chi connectivity index (χ2n) is 0.513. The van der Waals surface area contributed by atoms with E-state index in [9.17, 15) is 0 Å². The molecule has 0 bridgehead atoms. The minimum atomic E-state index is -5.35. The van der Waals surface area contributed by atoms with Crippen molar-refractivity contribution in [3.8, 4) is 0 Å². The minimum absolute atomic E-state index is 0. The van der Waals surface area contributed by atoms with Crippen molar-refractivity contribution in [2.45, 2.75) is 0 Å². The molecule has 3 radical (unpaired) electrons. The molecule has 0 aliphatic carbocycles. The van der Waals surface area contributed by atoms with Crippen LogP contribution in [-0.4, -0.2) is 71.1 Å². The van der Waals surface area contributed by atoms with Crippen LogP contribution in [0, 0.1) is 0 Å². The van der Waals surface area contributed by atoms with Gasteiger partial charge in [0.05, 0.1) is 0 Å². The van der Waals surface area contributed by atoms with E-state index in [2.05, 4.69) is 0 Å². The molecule has 0 aromatic heterocycles. The average molecular weight is 387 g/mol.